The van der Waals surface area contributed by atoms with Crippen molar-refractivity contribution in [3.63, 3.8) is 0 Å². The van der Waals surface area contributed by atoms with Crippen molar-refractivity contribution in [2.24, 2.45) is 10.4 Å². The third-order valence-corrected chi connectivity index (χ3v) is 5.74. The number of H-pyrrole nitrogens is 1. The summed E-state index contributed by atoms with van der Waals surface area (Å²) < 4.78 is 0. The summed E-state index contributed by atoms with van der Waals surface area (Å²) in [6.45, 7) is 12.3. The van der Waals surface area contributed by atoms with Crippen molar-refractivity contribution in [2.75, 3.05) is 19.6 Å². The van der Waals surface area contributed by atoms with Gasteiger partial charge in [0.1, 0.15) is 5.65 Å². The monoisotopic (exact) mass is 432 g/mol. The summed E-state index contributed by atoms with van der Waals surface area (Å²) in [5.74, 6) is 0.814. The lowest BCUT2D eigenvalue weighted by molar-refractivity contribution is 0.331. The molecule has 0 amide bonds. The minimum absolute atomic E-state index is 0.168. The van der Waals surface area contributed by atoms with Crippen molar-refractivity contribution >= 4 is 17.0 Å². The van der Waals surface area contributed by atoms with E-state index in [4.69, 9.17) is 4.99 Å². The van der Waals surface area contributed by atoms with Gasteiger partial charge < -0.3 is 15.6 Å². The molecule has 1 fully saturated rings. The molecule has 0 saturated carbocycles. The molecule has 0 bridgehead atoms. The van der Waals surface area contributed by atoms with Crippen molar-refractivity contribution < 1.29 is 0 Å². The molecule has 3 heterocycles. The highest BCUT2D eigenvalue weighted by molar-refractivity contribution is 5.80. The Kier molecular flexibility index (Phi) is 7.10. The summed E-state index contributed by atoms with van der Waals surface area (Å²) in [7, 11) is 0. The third-order valence-electron chi connectivity index (χ3n) is 5.74. The van der Waals surface area contributed by atoms with Crippen LogP contribution in [0.15, 0.2) is 53.7 Å². The van der Waals surface area contributed by atoms with Crippen molar-refractivity contribution in [1.82, 2.24) is 25.5 Å². The number of aliphatic imine (C=N–C) groups is 1. The summed E-state index contributed by atoms with van der Waals surface area (Å²) in [5, 5.41) is 8.07. The fraction of sp³-hybridized carbons (Fsp3) is 0.462. The lowest BCUT2D eigenvalue weighted by Gasteiger charge is -2.21. The van der Waals surface area contributed by atoms with Gasteiger partial charge in [-0.25, -0.2) is 9.98 Å². The predicted octanol–water partition coefficient (Wildman–Crippen LogP) is 4.44. The van der Waals surface area contributed by atoms with Gasteiger partial charge in [0.05, 0.1) is 18.8 Å². The van der Waals surface area contributed by atoms with Crippen molar-refractivity contribution in [1.29, 1.82) is 0 Å². The van der Waals surface area contributed by atoms with Gasteiger partial charge in [-0.05, 0) is 60.7 Å². The molecule has 1 aliphatic heterocycles. The van der Waals surface area contributed by atoms with Crippen molar-refractivity contribution in [3.05, 3.63) is 65.5 Å². The Morgan fingerprint density at radius 2 is 1.75 bits per heavy atom. The van der Waals surface area contributed by atoms with Gasteiger partial charge in [0, 0.05) is 24.7 Å². The molecule has 6 heteroatoms. The highest BCUT2D eigenvalue weighted by Crippen LogP contribution is 2.14. The summed E-state index contributed by atoms with van der Waals surface area (Å²) in [6, 6.07) is 15.1. The Bertz CT molecular complexity index is 1020. The van der Waals surface area contributed by atoms with E-state index in [0.717, 1.165) is 35.8 Å². The molecule has 0 unspecified atom stereocenters. The van der Waals surface area contributed by atoms with Crippen LogP contribution in [0.5, 0.6) is 0 Å². The Balaban J connectivity index is 1.38. The molecule has 3 N–H and O–H groups in total. The fourth-order valence-corrected chi connectivity index (χ4v) is 3.89. The van der Waals surface area contributed by atoms with Crippen LogP contribution in [0.3, 0.4) is 0 Å². The summed E-state index contributed by atoms with van der Waals surface area (Å²) in [4.78, 5) is 15.2. The van der Waals surface area contributed by atoms with Crippen LogP contribution in [-0.4, -0.2) is 40.5 Å². The van der Waals surface area contributed by atoms with E-state index in [0.29, 0.717) is 13.1 Å². The first-order valence-electron chi connectivity index (χ1n) is 11.7. The van der Waals surface area contributed by atoms with E-state index in [1.807, 2.05) is 12.3 Å². The molecule has 170 valence electrons. The lowest BCUT2D eigenvalue weighted by atomic mass is 9.97. The van der Waals surface area contributed by atoms with E-state index in [1.165, 1.54) is 37.1 Å². The first kappa shape index (κ1) is 22.3. The molecule has 3 aromatic rings. The minimum atomic E-state index is 0.168. The van der Waals surface area contributed by atoms with E-state index in [-0.39, 0.29) is 5.41 Å². The van der Waals surface area contributed by atoms with E-state index in [9.17, 15) is 0 Å². The molecule has 6 nitrogen and oxygen atoms in total. The van der Waals surface area contributed by atoms with Gasteiger partial charge in [-0.15, -0.1) is 0 Å². The van der Waals surface area contributed by atoms with Gasteiger partial charge in [-0.2, -0.15) is 0 Å². The Morgan fingerprint density at radius 1 is 1.00 bits per heavy atom. The highest BCUT2D eigenvalue weighted by Gasteiger charge is 2.12. The van der Waals surface area contributed by atoms with Gasteiger partial charge in [0.15, 0.2) is 5.96 Å². The molecule has 1 aromatic carbocycles. The van der Waals surface area contributed by atoms with Gasteiger partial charge in [-0.1, -0.05) is 45.0 Å². The number of aromatic amines is 1. The zero-order valence-electron chi connectivity index (χ0n) is 19.6. The summed E-state index contributed by atoms with van der Waals surface area (Å²) in [6.07, 6.45) is 4.58. The number of nitrogens with one attached hydrogen (secondary N) is 3. The number of hydrogen-bond donors (Lipinski definition) is 3. The van der Waals surface area contributed by atoms with Crippen LogP contribution in [0, 0.1) is 5.41 Å². The number of pyridine rings is 1. The Hall–Kier alpha value is -2.86. The maximum atomic E-state index is 4.85. The van der Waals surface area contributed by atoms with E-state index in [2.05, 4.69) is 82.7 Å². The quantitative estimate of drug-likeness (QED) is 0.381. The second-order valence-corrected chi connectivity index (χ2v) is 9.95. The molecule has 1 saturated heterocycles. The zero-order valence-corrected chi connectivity index (χ0v) is 19.6. The highest BCUT2D eigenvalue weighted by atomic mass is 15.2. The lowest BCUT2D eigenvalue weighted by Crippen LogP contribution is -2.41. The minimum Gasteiger partial charge on any atom is -0.356 e. The Morgan fingerprint density at radius 3 is 2.50 bits per heavy atom. The molecule has 0 aliphatic carbocycles. The van der Waals surface area contributed by atoms with Crippen LogP contribution in [-0.2, 0) is 19.6 Å². The molecule has 0 radical (unpaired) electrons. The van der Waals surface area contributed by atoms with Gasteiger partial charge in [0.2, 0.25) is 0 Å². The van der Waals surface area contributed by atoms with Gasteiger partial charge in [0.25, 0.3) is 0 Å². The van der Waals surface area contributed by atoms with Crippen molar-refractivity contribution in [2.45, 2.75) is 53.2 Å². The summed E-state index contributed by atoms with van der Waals surface area (Å²) in [5.41, 5.74) is 4.67. The summed E-state index contributed by atoms with van der Waals surface area (Å²) >= 11 is 0. The van der Waals surface area contributed by atoms with Gasteiger partial charge >= 0.3 is 0 Å². The van der Waals surface area contributed by atoms with Gasteiger partial charge in [-0.3, -0.25) is 4.90 Å². The van der Waals surface area contributed by atoms with Crippen LogP contribution in [0.2, 0.25) is 0 Å². The number of likely N-dealkylation sites (tertiary alicyclic amines) is 1. The number of fused-ring (bicyclic) bond motifs is 1. The first-order chi connectivity index (χ1) is 15.4. The molecular weight excluding hydrogens is 396 g/mol. The smallest absolute Gasteiger partial charge is 0.191 e. The average Bonchev–Trinajstić information content (AvgIpc) is 3.45. The molecule has 4 rings (SSSR count). The number of nitrogens with zero attached hydrogens (tertiary/aromatic N) is 3. The zero-order chi connectivity index (χ0) is 22.4. The van der Waals surface area contributed by atoms with E-state index in [1.54, 1.807) is 0 Å². The number of aromatic nitrogens is 2. The topological polar surface area (TPSA) is 68.3 Å². The number of hydrogen-bond acceptors (Lipinski definition) is 3. The second-order valence-electron chi connectivity index (χ2n) is 9.95. The van der Waals surface area contributed by atoms with Crippen LogP contribution in [0.4, 0.5) is 0 Å². The standard InChI is InChI=1S/C26H36N6/c1-26(2,3)19-30-25(29-17-23-11-10-22-12-13-27-24(22)31-23)28-16-20-6-8-21(9-7-20)18-32-14-4-5-15-32/h6-13H,4-5,14-19H2,1-3H3,(H,27,31)(H2,28,29,30). The Labute approximate surface area is 191 Å². The first-order valence-corrected chi connectivity index (χ1v) is 11.7. The van der Waals surface area contributed by atoms with Crippen LogP contribution < -0.4 is 10.6 Å². The maximum Gasteiger partial charge on any atom is 0.191 e. The molecule has 2 aromatic heterocycles. The predicted molar refractivity (Wildman–Crippen MR) is 132 cm³/mol. The second kappa shape index (κ2) is 10.2. The number of guanidine groups is 1. The normalized spacial score (nSPS) is 15.4. The molecule has 0 spiro atoms. The SMILES string of the molecule is CC(C)(C)CNC(=NCc1ccc(CN2CCCC2)cc1)NCc1ccc2cc[nH]c2n1. The van der Waals surface area contributed by atoms with Crippen LogP contribution in [0.25, 0.3) is 11.0 Å². The molecular formula is C26H36N6. The molecule has 32 heavy (non-hydrogen) atoms. The van der Waals surface area contributed by atoms with Crippen molar-refractivity contribution in [3.8, 4) is 0 Å². The largest absolute Gasteiger partial charge is 0.356 e. The third kappa shape index (κ3) is 6.57. The van der Waals surface area contributed by atoms with Crippen LogP contribution in [0.1, 0.15) is 50.4 Å². The maximum absolute atomic E-state index is 4.85. The average molecular weight is 433 g/mol. The fourth-order valence-electron chi connectivity index (χ4n) is 3.89. The van der Waals surface area contributed by atoms with Crippen LogP contribution >= 0.6 is 0 Å². The molecule has 0 atom stereocenters. The number of rotatable bonds is 7. The van der Waals surface area contributed by atoms with E-state index >= 15 is 0 Å². The molecule has 1 aliphatic rings. The van der Waals surface area contributed by atoms with E-state index < -0.39 is 0 Å². The number of benzene rings is 1.